The van der Waals surface area contributed by atoms with Crippen molar-refractivity contribution in [1.29, 1.82) is 0 Å². The van der Waals surface area contributed by atoms with Crippen molar-refractivity contribution < 1.29 is 13.2 Å². The number of hydrogen-bond acceptors (Lipinski definition) is 4. The first kappa shape index (κ1) is 20.3. The molecule has 0 unspecified atom stereocenters. The van der Waals surface area contributed by atoms with Gasteiger partial charge < -0.3 is 10.5 Å². The number of rotatable bonds is 7. The number of thiocarbonyl (C=S) groups is 1. The predicted octanol–water partition coefficient (Wildman–Crippen LogP) is 3.90. The summed E-state index contributed by atoms with van der Waals surface area (Å²) < 4.78 is 32.5. The highest BCUT2D eigenvalue weighted by Crippen LogP contribution is 2.64. The summed E-state index contributed by atoms with van der Waals surface area (Å²) in [5, 5.41) is -0.180. The molecule has 3 atom stereocenters. The van der Waals surface area contributed by atoms with Crippen LogP contribution >= 0.6 is 23.8 Å². The Hall–Kier alpha value is -1.47. The van der Waals surface area contributed by atoms with Crippen molar-refractivity contribution in [3.63, 3.8) is 0 Å². The van der Waals surface area contributed by atoms with Crippen LogP contribution < -0.4 is 5.73 Å². The average molecular weight is 424 g/mol. The Morgan fingerprint density at radius 3 is 2.30 bits per heavy atom. The molecule has 3 rings (SSSR count). The van der Waals surface area contributed by atoms with Crippen molar-refractivity contribution in [3.05, 3.63) is 64.7 Å². The van der Waals surface area contributed by atoms with Crippen LogP contribution in [-0.4, -0.2) is 31.9 Å². The van der Waals surface area contributed by atoms with Gasteiger partial charge in [-0.05, 0) is 43.7 Å². The molecule has 144 valence electrons. The van der Waals surface area contributed by atoms with E-state index in [1.807, 2.05) is 26.0 Å². The van der Waals surface area contributed by atoms with Gasteiger partial charge in [-0.15, -0.1) is 0 Å². The van der Waals surface area contributed by atoms with E-state index in [-0.39, 0.29) is 22.4 Å². The molecular formula is C20H22ClNO3S2. The van der Waals surface area contributed by atoms with Crippen LogP contribution in [0.1, 0.15) is 24.0 Å². The second-order valence-corrected chi connectivity index (χ2v) is 9.80. The molecule has 0 saturated heterocycles. The minimum atomic E-state index is -3.65. The van der Waals surface area contributed by atoms with Gasteiger partial charge in [0.1, 0.15) is 0 Å². The maximum atomic E-state index is 13.4. The summed E-state index contributed by atoms with van der Waals surface area (Å²) in [7, 11) is -3.65. The van der Waals surface area contributed by atoms with Crippen LogP contribution in [0, 0.1) is 12.3 Å². The van der Waals surface area contributed by atoms with E-state index in [0.29, 0.717) is 11.6 Å². The molecule has 0 radical (unpaired) electrons. The Kier molecular flexibility index (Phi) is 5.64. The molecule has 2 aromatic carbocycles. The number of hydrogen-bond donors (Lipinski definition) is 1. The molecule has 1 fully saturated rings. The molecule has 0 aliphatic heterocycles. The second-order valence-electron chi connectivity index (χ2n) is 6.85. The van der Waals surface area contributed by atoms with Crippen molar-refractivity contribution >= 4 is 38.6 Å². The fourth-order valence-electron chi connectivity index (χ4n) is 3.69. The van der Waals surface area contributed by atoms with Crippen molar-refractivity contribution in [2.24, 2.45) is 11.1 Å². The number of ether oxygens (including phenoxy) is 1. The van der Waals surface area contributed by atoms with Gasteiger partial charge >= 0.3 is 0 Å². The number of benzene rings is 2. The minimum Gasteiger partial charge on any atom is -0.393 e. The normalized spacial score (nSPS) is 24.6. The van der Waals surface area contributed by atoms with Crippen LogP contribution in [0.4, 0.5) is 0 Å². The molecular weight excluding hydrogens is 402 g/mol. The van der Waals surface area contributed by atoms with Gasteiger partial charge in [0.25, 0.3) is 0 Å². The fraction of sp³-hybridized carbons (Fsp3) is 0.350. The molecule has 4 nitrogen and oxygen atoms in total. The van der Waals surface area contributed by atoms with Crippen LogP contribution in [0.3, 0.4) is 0 Å². The van der Waals surface area contributed by atoms with Gasteiger partial charge in [-0.2, -0.15) is 0 Å². The summed E-state index contributed by atoms with van der Waals surface area (Å²) in [5.41, 5.74) is 6.99. The van der Waals surface area contributed by atoms with Gasteiger partial charge in [0.15, 0.2) is 9.84 Å². The van der Waals surface area contributed by atoms with E-state index in [9.17, 15) is 8.42 Å². The van der Waals surface area contributed by atoms with Crippen molar-refractivity contribution in [2.75, 3.05) is 13.2 Å². The quantitative estimate of drug-likeness (QED) is 0.684. The van der Waals surface area contributed by atoms with Crippen molar-refractivity contribution in [3.8, 4) is 0 Å². The SMILES string of the molecule is CCOC[C@]1(C(N)=S)[C@@H](c2ccc(Cl)cc2)[C@@H]1S(=O)(=O)c1ccc(C)cc1. The van der Waals surface area contributed by atoms with Gasteiger partial charge in [0.05, 0.1) is 27.2 Å². The maximum Gasteiger partial charge on any atom is 0.182 e. The number of aryl methyl sites for hydroxylation is 1. The third kappa shape index (κ3) is 3.51. The third-order valence-corrected chi connectivity index (χ3v) is 8.10. The Labute approximate surface area is 170 Å². The molecule has 1 aliphatic rings. The van der Waals surface area contributed by atoms with E-state index in [4.69, 9.17) is 34.3 Å². The average Bonchev–Trinajstić information content (AvgIpc) is 3.32. The first-order valence-corrected chi connectivity index (χ1v) is 11.0. The largest absolute Gasteiger partial charge is 0.393 e. The molecule has 1 saturated carbocycles. The van der Waals surface area contributed by atoms with Crippen LogP contribution in [0.5, 0.6) is 0 Å². The summed E-state index contributed by atoms with van der Waals surface area (Å²) in [6.07, 6.45) is 0. The third-order valence-electron chi connectivity index (χ3n) is 5.17. The van der Waals surface area contributed by atoms with Gasteiger partial charge in [-0.3, -0.25) is 0 Å². The number of nitrogens with two attached hydrogens (primary N) is 1. The van der Waals surface area contributed by atoms with E-state index < -0.39 is 20.5 Å². The lowest BCUT2D eigenvalue weighted by atomic mass is 10.00. The predicted molar refractivity (Wildman–Crippen MR) is 112 cm³/mol. The van der Waals surface area contributed by atoms with Gasteiger partial charge in [0, 0.05) is 17.5 Å². The zero-order valence-corrected chi connectivity index (χ0v) is 17.6. The molecule has 0 heterocycles. The van der Waals surface area contributed by atoms with E-state index in [2.05, 4.69) is 0 Å². The number of halogens is 1. The summed E-state index contributed by atoms with van der Waals surface area (Å²) in [5.74, 6) is -0.370. The summed E-state index contributed by atoms with van der Waals surface area (Å²) in [6, 6.07) is 14.0. The Morgan fingerprint density at radius 1 is 1.19 bits per heavy atom. The topological polar surface area (TPSA) is 69.4 Å². The van der Waals surface area contributed by atoms with Crippen molar-refractivity contribution in [2.45, 2.75) is 29.9 Å². The lowest BCUT2D eigenvalue weighted by Gasteiger charge is -2.17. The summed E-state index contributed by atoms with van der Waals surface area (Å²) in [6.45, 7) is 4.39. The minimum absolute atomic E-state index is 0.164. The first-order chi connectivity index (χ1) is 12.7. The van der Waals surface area contributed by atoms with Gasteiger partial charge in [-0.1, -0.05) is 53.6 Å². The van der Waals surface area contributed by atoms with Gasteiger partial charge in [0.2, 0.25) is 0 Å². The van der Waals surface area contributed by atoms with E-state index >= 15 is 0 Å². The standard InChI is InChI=1S/C20H22ClNO3S2/c1-3-25-12-20(19(22)26)17(14-6-8-15(21)9-7-14)18(20)27(23,24)16-10-4-13(2)5-11-16/h4-11,17-18H,3,12H2,1-2H3,(H2,22,26)/t17-,18-,20-/m0/s1. The highest BCUT2D eigenvalue weighted by atomic mass is 35.5. The van der Waals surface area contributed by atoms with Crippen LogP contribution in [0.15, 0.2) is 53.4 Å². The highest BCUT2D eigenvalue weighted by molar-refractivity contribution is 7.92. The smallest absolute Gasteiger partial charge is 0.182 e. The molecule has 0 amide bonds. The van der Waals surface area contributed by atoms with Gasteiger partial charge in [-0.25, -0.2) is 8.42 Å². The van der Waals surface area contributed by atoms with Crippen LogP contribution in [0.2, 0.25) is 5.02 Å². The first-order valence-electron chi connectivity index (χ1n) is 8.69. The molecule has 7 heteroatoms. The zero-order valence-electron chi connectivity index (χ0n) is 15.2. The lowest BCUT2D eigenvalue weighted by Crippen LogP contribution is -2.33. The molecule has 2 N–H and O–H groups in total. The van der Waals surface area contributed by atoms with E-state index in [0.717, 1.165) is 11.1 Å². The van der Waals surface area contributed by atoms with Crippen LogP contribution in [0.25, 0.3) is 0 Å². The Bertz CT molecular complexity index is 942. The maximum absolute atomic E-state index is 13.4. The molecule has 0 spiro atoms. The summed E-state index contributed by atoms with van der Waals surface area (Å²) in [4.78, 5) is 0.434. The van der Waals surface area contributed by atoms with Crippen LogP contribution in [-0.2, 0) is 14.6 Å². The molecule has 27 heavy (non-hydrogen) atoms. The molecule has 0 aromatic heterocycles. The summed E-state index contributed by atoms with van der Waals surface area (Å²) >= 11 is 11.3. The lowest BCUT2D eigenvalue weighted by molar-refractivity contribution is 0.121. The second kappa shape index (κ2) is 7.51. The number of sulfone groups is 1. The van der Waals surface area contributed by atoms with E-state index in [1.165, 1.54) is 0 Å². The van der Waals surface area contributed by atoms with Crippen molar-refractivity contribution in [1.82, 2.24) is 0 Å². The molecule has 2 aromatic rings. The Morgan fingerprint density at radius 2 is 1.78 bits per heavy atom. The fourth-order valence-corrected chi connectivity index (χ4v) is 6.58. The zero-order chi connectivity index (χ0) is 19.8. The highest BCUT2D eigenvalue weighted by Gasteiger charge is 2.73. The molecule has 0 bridgehead atoms. The van der Waals surface area contributed by atoms with E-state index in [1.54, 1.807) is 36.4 Å². The Balaban J connectivity index is 2.10. The molecule has 1 aliphatic carbocycles. The monoisotopic (exact) mass is 423 g/mol.